The third-order valence-corrected chi connectivity index (χ3v) is 3.96. The number of aryl methyl sites for hydroxylation is 2. The van der Waals surface area contributed by atoms with E-state index in [4.69, 9.17) is 4.99 Å². The molecule has 0 bridgehead atoms. The fourth-order valence-electron chi connectivity index (χ4n) is 2.79. The van der Waals surface area contributed by atoms with Gasteiger partial charge in [0.2, 0.25) is 0 Å². The van der Waals surface area contributed by atoms with Crippen LogP contribution in [0, 0.1) is 5.41 Å². The molecular formula is C16H29N5. The highest BCUT2D eigenvalue weighted by atomic mass is 15.3. The summed E-state index contributed by atoms with van der Waals surface area (Å²) in [4.78, 5) is 7.18. The fourth-order valence-corrected chi connectivity index (χ4v) is 2.79. The van der Waals surface area contributed by atoms with E-state index in [-0.39, 0.29) is 0 Å². The number of nitrogens with zero attached hydrogens (tertiary/aromatic N) is 4. The molecule has 2 rings (SSSR count). The lowest BCUT2D eigenvalue weighted by molar-refractivity contribution is 0.370. The molecule has 0 radical (unpaired) electrons. The van der Waals surface area contributed by atoms with Crippen LogP contribution in [0.1, 0.15) is 39.2 Å². The predicted octanol–water partition coefficient (Wildman–Crippen LogP) is 2.05. The molecule has 1 fully saturated rings. The Balaban J connectivity index is 1.83. The zero-order valence-electron chi connectivity index (χ0n) is 13.9. The zero-order chi connectivity index (χ0) is 15.3. The molecule has 0 saturated carbocycles. The van der Waals surface area contributed by atoms with Gasteiger partial charge in [-0.05, 0) is 37.2 Å². The lowest BCUT2D eigenvalue weighted by Gasteiger charge is -2.23. The minimum absolute atomic E-state index is 0.409. The molecule has 0 aromatic carbocycles. The van der Waals surface area contributed by atoms with Crippen LogP contribution >= 0.6 is 0 Å². The molecule has 0 atom stereocenters. The van der Waals surface area contributed by atoms with Crippen LogP contribution in [0.25, 0.3) is 0 Å². The summed E-state index contributed by atoms with van der Waals surface area (Å²) in [6.07, 6.45) is 7.38. The minimum atomic E-state index is 0.409. The molecule has 1 saturated heterocycles. The van der Waals surface area contributed by atoms with Crippen molar-refractivity contribution in [1.82, 2.24) is 20.0 Å². The summed E-state index contributed by atoms with van der Waals surface area (Å²) in [5.41, 5.74) is 1.70. The first kappa shape index (κ1) is 15.9. The van der Waals surface area contributed by atoms with Crippen LogP contribution in [0.2, 0.25) is 0 Å². The van der Waals surface area contributed by atoms with E-state index in [2.05, 4.69) is 42.3 Å². The van der Waals surface area contributed by atoms with Crippen molar-refractivity contribution in [3.8, 4) is 0 Å². The second-order valence-electron chi connectivity index (χ2n) is 6.70. The number of aromatic nitrogens is 2. The maximum absolute atomic E-state index is 4.79. The largest absolute Gasteiger partial charge is 0.357 e. The standard InChI is InChI=1S/C16H29N5/c1-5-17-15(21-10-8-16(2,3)13-21)18-9-6-7-14-11-19-20(4)12-14/h11-12H,5-10,13H2,1-4H3,(H,17,18). The summed E-state index contributed by atoms with van der Waals surface area (Å²) >= 11 is 0. The van der Waals surface area contributed by atoms with Crippen molar-refractivity contribution in [1.29, 1.82) is 0 Å². The highest BCUT2D eigenvalue weighted by Crippen LogP contribution is 2.28. The Morgan fingerprint density at radius 3 is 2.86 bits per heavy atom. The molecule has 1 aromatic heterocycles. The van der Waals surface area contributed by atoms with Crippen LogP contribution in [-0.4, -0.2) is 46.8 Å². The molecular weight excluding hydrogens is 262 g/mol. The third-order valence-electron chi connectivity index (χ3n) is 3.96. The van der Waals surface area contributed by atoms with Crippen molar-refractivity contribution >= 4 is 5.96 Å². The van der Waals surface area contributed by atoms with Gasteiger partial charge in [0.05, 0.1) is 6.20 Å². The van der Waals surface area contributed by atoms with E-state index in [0.29, 0.717) is 5.41 Å². The Kier molecular flexibility index (Phi) is 5.26. The van der Waals surface area contributed by atoms with Gasteiger partial charge in [0.15, 0.2) is 5.96 Å². The Morgan fingerprint density at radius 2 is 2.29 bits per heavy atom. The van der Waals surface area contributed by atoms with Gasteiger partial charge in [-0.15, -0.1) is 0 Å². The second-order valence-corrected chi connectivity index (χ2v) is 6.70. The van der Waals surface area contributed by atoms with Gasteiger partial charge in [-0.25, -0.2) is 0 Å². The summed E-state index contributed by atoms with van der Waals surface area (Å²) in [5, 5.41) is 7.62. The molecule has 0 amide bonds. The molecule has 2 heterocycles. The van der Waals surface area contributed by atoms with Crippen molar-refractivity contribution in [2.45, 2.75) is 40.0 Å². The highest BCUT2D eigenvalue weighted by molar-refractivity contribution is 5.80. The van der Waals surface area contributed by atoms with E-state index in [9.17, 15) is 0 Å². The van der Waals surface area contributed by atoms with Crippen LogP contribution in [-0.2, 0) is 13.5 Å². The second kappa shape index (κ2) is 6.96. The van der Waals surface area contributed by atoms with Gasteiger partial charge in [-0.1, -0.05) is 13.8 Å². The Bertz CT molecular complexity index is 475. The SMILES string of the molecule is CCNC(=NCCCc1cnn(C)c1)N1CCC(C)(C)C1. The maximum Gasteiger partial charge on any atom is 0.193 e. The van der Waals surface area contributed by atoms with E-state index in [1.165, 1.54) is 12.0 Å². The average Bonchev–Trinajstić information content (AvgIpc) is 2.99. The number of guanidine groups is 1. The van der Waals surface area contributed by atoms with E-state index < -0.39 is 0 Å². The summed E-state index contributed by atoms with van der Waals surface area (Å²) in [6.45, 7) is 10.8. The predicted molar refractivity (Wildman–Crippen MR) is 87.5 cm³/mol. The van der Waals surface area contributed by atoms with Crippen LogP contribution in [0.4, 0.5) is 0 Å². The van der Waals surface area contributed by atoms with E-state index in [1.54, 1.807) is 0 Å². The van der Waals surface area contributed by atoms with E-state index >= 15 is 0 Å². The van der Waals surface area contributed by atoms with Gasteiger partial charge in [-0.2, -0.15) is 5.10 Å². The van der Waals surface area contributed by atoms with Crippen molar-refractivity contribution < 1.29 is 0 Å². The van der Waals surface area contributed by atoms with Crippen molar-refractivity contribution in [3.05, 3.63) is 18.0 Å². The van der Waals surface area contributed by atoms with Gasteiger partial charge in [-0.3, -0.25) is 9.67 Å². The summed E-state index contributed by atoms with van der Waals surface area (Å²) < 4.78 is 1.86. The molecule has 1 N–H and O–H groups in total. The Morgan fingerprint density at radius 1 is 1.48 bits per heavy atom. The third kappa shape index (κ3) is 4.76. The van der Waals surface area contributed by atoms with Crippen molar-refractivity contribution in [2.24, 2.45) is 17.5 Å². The van der Waals surface area contributed by atoms with Crippen LogP contribution in [0.3, 0.4) is 0 Å². The molecule has 0 aliphatic carbocycles. The molecule has 0 unspecified atom stereocenters. The fraction of sp³-hybridized carbons (Fsp3) is 0.750. The molecule has 0 spiro atoms. The average molecular weight is 291 g/mol. The van der Waals surface area contributed by atoms with E-state index in [0.717, 1.165) is 45.0 Å². The Labute approximate surface area is 128 Å². The summed E-state index contributed by atoms with van der Waals surface area (Å²) in [5.74, 6) is 1.08. The topological polar surface area (TPSA) is 45.5 Å². The first-order chi connectivity index (χ1) is 10.00. The monoisotopic (exact) mass is 291 g/mol. The number of aliphatic imine (C=N–C) groups is 1. The first-order valence-electron chi connectivity index (χ1n) is 8.01. The quantitative estimate of drug-likeness (QED) is 0.513. The van der Waals surface area contributed by atoms with E-state index in [1.807, 2.05) is 17.9 Å². The molecule has 1 aliphatic rings. The van der Waals surface area contributed by atoms with Crippen LogP contribution in [0.5, 0.6) is 0 Å². The van der Waals surface area contributed by atoms with Gasteiger partial charge in [0, 0.05) is 39.4 Å². The molecule has 118 valence electrons. The smallest absolute Gasteiger partial charge is 0.193 e. The number of likely N-dealkylation sites (tertiary alicyclic amines) is 1. The summed E-state index contributed by atoms with van der Waals surface area (Å²) in [6, 6.07) is 0. The van der Waals surface area contributed by atoms with Gasteiger partial charge >= 0.3 is 0 Å². The molecule has 1 aliphatic heterocycles. The number of hydrogen-bond acceptors (Lipinski definition) is 2. The van der Waals surface area contributed by atoms with Crippen LogP contribution in [0.15, 0.2) is 17.4 Å². The number of nitrogens with one attached hydrogen (secondary N) is 1. The van der Waals surface area contributed by atoms with Crippen LogP contribution < -0.4 is 5.32 Å². The highest BCUT2D eigenvalue weighted by Gasteiger charge is 2.30. The zero-order valence-corrected chi connectivity index (χ0v) is 13.9. The lowest BCUT2D eigenvalue weighted by atomic mass is 9.93. The van der Waals surface area contributed by atoms with Gasteiger partial charge in [0.25, 0.3) is 0 Å². The molecule has 5 heteroatoms. The number of hydrogen-bond donors (Lipinski definition) is 1. The Hall–Kier alpha value is -1.52. The first-order valence-corrected chi connectivity index (χ1v) is 8.01. The minimum Gasteiger partial charge on any atom is -0.357 e. The summed E-state index contributed by atoms with van der Waals surface area (Å²) in [7, 11) is 1.96. The van der Waals surface area contributed by atoms with Gasteiger partial charge < -0.3 is 10.2 Å². The molecule has 5 nitrogen and oxygen atoms in total. The van der Waals surface area contributed by atoms with Crippen molar-refractivity contribution in [2.75, 3.05) is 26.2 Å². The normalized spacial score (nSPS) is 18.3. The maximum atomic E-state index is 4.79. The molecule has 21 heavy (non-hydrogen) atoms. The number of rotatable bonds is 5. The lowest BCUT2D eigenvalue weighted by Crippen LogP contribution is -2.40. The van der Waals surface area contributed by atoms with Crippen molar-refractivity contribution in [3.63, 3.8) is 0 Å². The van der Waals surface area contributed by atoms with Gasteiger partial charge in [0.1, 0.15) is 0 Å². The molecule has 1 aromatic rings.